The third-order valence-corrected chi connectivity index (χ3v) is 4.33. The summed E-state index contributed by atoms with van der Waals surface area (Å²) in [5, 5.41) is 0.873. The maximum Gasteiger partial charge on any atom is 0.330 e. The summed E-state index contributed by atoms with van der Waals surface area (Å²) in [6.07, 6.45) is 7.36. The Bertz CT molecular complexity index is 944. The number of aryl methyl sites for hydroxylation is 1. The van der Waals surface area contributed by atoms with Crippen LogP contribution in [0.25, 0.3) is 17.0 Å². The van der Waals surface area contributed by atoms with Crippen molar-refractivity contribution in [2.75, 3.05) is 13.2 Å². The highest BCUT2D eigenvalue weighted by Gasteiger charge is 2.05. The monoisotopic (exact) mass is 381 g/mol. The summed E-state index contributed by atoms with van der Waals surface area (Å²) in [5.74, 6) is 0.185. The molecule has 5 heteroatoms. The van der Waals surface area contributed by atoms with Crippen molar-refractivity contribution >= 4 is 22.9 Å². The summed E-state index contributed by atoms with van der Waals surface area (Å²) in [4.78, 5) is 15.0. The Kier molecular flexibility index (Phi) is 6.84. The SMILES string of the molecule is CCCOc1ccc(/C=C/C(=O)OCCCc2c[nH]c3ccc(F)cc23)cc1. The highest BCUT2D eigenvalue weighted by molar-refractivity contribution is 5.87. The van der Waals surface area contributed by atoms with Crippen LogP contribution < -0.4 is 4.74 Å². The Labute approximate surface area is 164 Å². The van der Waals surface area contributed by atoms with Gasteiger partial charge in [-0.15, -0.1) is 0 Å². The molecule has 0 amide bonds. The van der Waals surface area contributed by atoms with E-state index in [2.05, 4.69) is 11.9 Å². The molecule has 1 heterocycles. The lowest BCUT2D eigenvalue weighted by Crippen LogP contribution is -2.03. The number of ether oxygens (including phenoxy) is 2. The van der Waals surface area contributed by atoms with Gasteiger partial charge in [-0.3, -0.25) is 0 Å². The maximum atomic E-state index is 13.4. The number of fused-ring (bicyclic) bond motifs is 1. The minimum Gasteiger partial charge on any atom is -0.494 e. The fraction of sp³-hybridized carbons (Fsp3) is 0.261. The van der Waals surface area contributed by atoms with Crippen LogP contribution in [0.3, 0.4) is 0 Å². The number of benzene rings is 2. The molecule has 146 valence electrons. The maximum absolute atomic E-state index is 13.4. The van der Waals surface area contributed by atoms with E-state index in [9.17, 15) is 9.18 Å². The zero-order valence-corrected chi connectivity index (χ0v) is 15.9. The van der Waals surface area contributed by atoms with E-state index in [1.165, 1.54) is 18.2 Å². The summed E-state index contributed by atoms with van der Waals surface area (Å²) in [6.45, 7) is 3.06. The van der Waals surface area contributed by atoms with E-state index in [4.69, 9.17) is 9.47 Å². The number of H-pyrrole nitrogens is 1. The summed E-state index contributed by atoms with van der Waals surface area (Å²) >= 11 is 0. The molecule has 0 spiro atoms. The molecule has 1 N–H and O–H groups in total. The van der Waals surface area contributed by atoms with Gasteiger partial charge in [-0.05, 0) is 66.8 Å². The second-order valence-corrected chi connectivity index (χ2v) is 6.53. The first-order chi connectivity index (χ1) is 13.7. The van der Waals surface area contributed by atoms with Crippen molar-refractivity contribution < 1.29 is 18.7 Å². The molecule has 28 heavy (non-hydrogen) atoms. The van der Waals surface area contributed by atoms with E-state index in [1.807, 2.05) is 30.5 Å². The molecule has 0 aliphatic rings. The zero-order chi connectivity index (χ0) is 19.8. The van der Waals surface area contributed by atoms with Crippen molar-refractivity contribution in [3.05, 3.63) is 71.7 Å². The van der Waals surface area contributed by atoms with Crippen LogP contribution in [0.1, 0.15) is 30.9 Å². The molecule has 2 aromatic carbocycles. The van der Waals surface area contributed by atoms with E-state index < -0.39 is 0 Å². The van der Waals surface area contributed by atoms with E-state index in [1.54, 1.807) is 12.1 Å². The van der Waals surface area contributed by atoms with E-state index in [0.717, 1.165) is 34.2 Å². The molecule has 0 fully saturated rings. The lowest BCUT2D eigenvalue weighted by molar-refractivity contribution is -0.137. The van der Waals surface area contributed by atoms with Crippen LogP contribution in [0.15, 0.2) is 54.7 Å². The Balaban J connectivity index is 1.42. The van der Waals surface area contributed by atoms with Crippen molar-refractivity contribution in [3.8, 4) is 5.75 Å². The lowest BCUT2D eigenvalue weighted by atomic mass is 10.1. The van der Waals surface area contributed by atoms with Crippen LogP contribution in [-0.2, 0) is 16.0 Å². The van der Waals surface area contributed by atoms with Gasteiger partial charge >= 0.3 is 5.97 Å². The normalized spacial score (nSPS) is 11.2. The molecule has 0 radical (unpaired) electrons. The molecule has 0 aliphatic heterocycles. The van der Waals surface area contributed by atoms with E-state index >= 15 is 0 Å². The predicted octanol–water partition coefficient (Wildman–Crippen LogP) is 5.29. The minimum atomic E-state index is -0.378. The van der Waals surface area contributed by atoms with Gasteiger partial charge in [0.15, 0.2) is 0 Å². The Hall–Kier alpha value is -3.08. The van der Waals surface area contributed by atoms with Crippen molar-refractivity contribution in [2.45, 2.75) is 26.2 Å². The molecule has 0 unspecified atom stereocenters. The highest BCUT2D eigenvalue weighted by atomic mass is 19.1. The van der Waals surface area contributed by atoms with Crippen LogP contribution in [0, 0.1) is 5.82 Å². The smallest absolute Gasteiger partial charge is 0.330 e. The van der Waals surface area contributed by atoms with Crippen LogP contribution in [0.2, 0.25) is 0 Å². The number of aromatic amines is 1. The van der Waals surface area contributed by atoms with Crippen molar-refractivity contribution in [1.82, 2.24) is 4.98 Å². The number of nitrogens with one attached hydrogen (secondary N) is 1. The first kappa shape index (κ1) is 19.7. The standard InChI is InChI=1S/C23H24FNO3/c1-2-13-27-20-9-5-17(6-10-20)7-12-23(26)28-14-3-4-18-16-25-22-11-8-19(24)15-21(18)22/h5-12,15-16,25H,2-4,13-14H2,1H3/b12-7+. The number of carbonyl (C=O) groups excluding carboxylic acids is 1. The predicted molar refractivity (Wildman–Crippen MR) is 109 cm³/mol. The Morgan fingerprint density at radius 2 is 1.96 bits per heavy atom. The van der Waals surface area contributed by atoms with Crippen LogP contribution in [-0.4, -0.2) is 24.2 Å². The molecule has 4 nitrogen and oxygen atoms in total. The quantitative estimate of drug-likeness (QED) is 0.311. The molecule has 0 saturated carbocycles. The van der Waals surface area contributed by atoms with Crippen LogP contribution in [0.4, 0.5) is 4.39 Å². The number of rotatable bonds is 9. The molecule has 0 atom stereocenters. The lowest BCUT2D eigenvalue weighted by Gasteiger charge is -2.04. The van der Waals surface area contributed by atoms with Crippen LogP contribution in [0.5, 0.6) is 5.75 Å². The molecule has 0 aliphatic carbocycles. The number of carbonyl (C=O) groups is 1. The van der Waals surface area contributed by atoms with Gasteiger partial charge in [0.1, 0.15) is 11.6 Å². The van der Waals surface area contributed by atoms with Gasteiger partial charge in [0.2, 0.25) is 0 Å². The largest absolute Gasteiger partial charge is 0.494 e. The fourth-order valence-corrected chi connectivity index (χ4v) is 2.90. The first-order valence-electron chi connectivity index (χ1n) is 9.49. The van der Waals surface area contributed by atoms with E-state index in [0.29, 0.717) is 26.1 Å². The molecular formula is C23H24FNO3. The average molecular weight is 381 g/mol. The molecule has 3 rings (SSSR count). The second kappa shape index (κ2) is 9.74. The topological polar surface area (TPSA) is 51.3 Å². The fourth-order valence-electron chi connectivity index (χ4n) is 2.90. The van der Waals surface area contributed by atoms with Gasteiger partial charge < -0.3 is 14.5 Å². The molecule has 1 aromatic heterocycles. The third-order valence-electron chi connectivity index (χ3n) is 4.33. The average Bonchev–Trinajstić information content (AvgIpc) is 3.11. The Morgan fingerprint density at radius 3 is 2.75 bits per heavy atom. The van der Waals surface area contributed by atoms with Crippen molar-refractivity contribution in [2.24, 2.45) is 0 Å². The molecular weight excluding hydrogens is 357 g/mol. The van der Waals surface area contributed by atoms with Crippen LogP contribution >= 0.6 is 0 Å². The number of aromatic nitrogens is 1. The number of hydrogen-bond donors (Lipinski definition) is 1. The van der Waals surface area contributed by atoms with Gasteiger partial charge in [0.05, 0.1) is 13.2 Å². The minimum absolute atomic E-state index is 0.255. The van der Waals surface area contributed by atoms with Gasteiger partial charge in [-0.25, -0.2) is 9.18 Å². The van der Waals surface area contributed by atoms with Crippen molar-refractivity contribution in [1.29, 1.82) is 0 Å². The number of hydrogen-bond acceptors (Lipinski definition) is 3. The first-order valence-corrected chi connectivity index (χ1v) is 9.49. The number of halogens is 1. The van der Waals surface area contributed by atoms with Gasteiger partial charge in [-0.1, -0.05) is 19.1 Å². The summed E-state index contributed by atoms with van der Waals surface area (Å²) < 4.78 is 24.2. The Morgan fingerprint density at radius 1 is 1.14 bits per heavy atom. The summed E-state index contributed by atoms with van der Waals surface area (Å²) in [7, 11) is 0. The highest BCUT2D eigenvalue weighted by Crippen LogP contribution is 2.20. The second-order valence-electron chi connectivity index (χ2n) is 6.53. The summed E-state index contributed by atoms with van der Waals surface area (Å²) in [5.41, 5.74) is 2.83. The molecule has 0 bridgehead atoms. The third kappa shape index (κ3) is 5.46. The van der Waals surface area contributed by atoms with E-state index in [-0.39, 0.29) is 11.8 Å². The van der Waals surface area contributed by atoms with Gasteiger partial charge in [-0.2, -0.15) is 0 Å². The van der Waals surface area contributed by atoms with Gasteiger partial charge in [0, 0.05) is 23.2 Å². The molecule has 3 aromatic rings. The zero-order valence-electron chi connectivity index (χ0n) is 15.9. The van der Waals surface area contributed by atoms with Crippen molar-refractivity contribution in [3.63, 3.8) is 0 Å². The summed E-state index contributed by atoms with van der Waals surface area (Å²) in [6, 6.07) is 12.2. The molecule has 0 saturated heterocycles. The van der Waals surface area contributed by atoms with Gasteiger partial charge in [0.25, 0.3) is 0 Å². The number of esters is 1.